The summed E-state index contributed by atoms with van der Waals surface area (Å²) in [5, 5.41) is 17.2. The number of aromatic carboxylic acids is 1. The monoisotopic (exact) mass is 413 g/mol. The first kappa shape index (κ1) is 21.4. The number of aromatic nitrogens is 5. The van der Waals surface area contributed by atoms with Crippen molar-refractivity contribution in [1.29, 1.82) is 0 Å². The van der Waals surface area contributed by atoms with Crippen LogP contribution in [-0.4, -0.2) is 62.1 Å². The van der Waals surface area contributed by atoms with Gasteiger partial charge in [-0.1, -0.05) is 0 Å². The van der Waals surface area contributed by atoms with E-state index in [2.05, 4.69) is 25.4 Å². The second-order valence-electron chi connectivity index (χ2n) is 7.50. The van der Waals surface area contributed by atoms with E-state index < -0.39 is 5.97 Å². The molecule has 3 heterocycles. The van der Waals surface area contributed by atoms with Crippen LogP contribution >= 0.6 is 0 Å². The standard InChI is InChI=1S/C20H27N7O3/c1-11(2)26(5)20-23-15-16(19(28)29)25-27(10-13(4)30-6)17(15)18(24-20)22-14-9-12(3)7-8-21-14/h7-9,11,13H,10H2,1-6H3,(H,28,29)(H,21,22,23,24). The van der Waals surface area contributed by atoms with Crippen molar-refractivity contribution < 1.29 is 14.6 Å². The minimum atomic E-state index is -1.15. The summed E-state index contributed by atoms with van der Waals surface area (Å²) in [6, 6.07) is 3.89. The number of rotatable bonds is 8. The summed E-state index contributed by atoms with van der Waals surface area (Å²) in [6.07, 6.45) is 1.52. The molecule has 0 amide bonds. The highest BCUT2D eigenvalue weighted by Crippen LogP contribution is 2.29. The van der Waals surface area contributed by atoms with E-state index in [1.165, 1.54) is 0 Å². The number of carboxylic acid groups (broad SMARTS) is 1. The van der Waals surface area contributed by atoms with Crippen LogP contribution in [0.4, 0.5) is 17.6 Å². The van der Waals surface area contributed by atoms with Crippen molar-refractivity contribution in [3.63, 3.8) is 0 Å². The third-order valence-electron chi connectivity index (χ3n) is 4.86. The molecular weight excluding hydrogens is 386 g/mol. The fourth-order valence-corrected chi connectivity index (χ4v) is 2.87. The summed E-state index contributed by atoms with van der Waals surface area (Å²) in [4.78, 5) is 27.3. The van der Waals surface area contributed by atoms with Crippen molar-refractivity contribution in [2.45, 2.75) is 46.4 Å². The molecule has 3 rings (SSSR count). The molecule has 0 fully saturated rings. The maximum Gasteiger partial charge on any atom is 0.358 e. The number of ether oxygens (including phenoxy) is 1. The molecule has 0 radical (unpaired) electrons. The summed E-state index contributed by atoms with van der Waals surface area (Å²) >= 11 is 0. The van der Waals surface area contributed by atoms with E-state index in [0.29, 0.717) is 29.6 Å². The first-order chi connectivity index (χ1) is 14.2. The van der Waals surface area contributed by atoms with E-state index in [1.807, 2.05) is 51.8 Å². The molecule has 1 unspecified atom stereocenters. The molecule has 0 aliphatic carbocycles. The molecule has 1 atom stereocenters. The Morgan fingerprint density at radius 2 is 2.07 bits per heavy atom. The van der Waals surface area contributed by atoms with Gasteiger partial charge in [0.15, 0.2) is 11.5 Å². The number of carbonyl (C=O) groups is 1. The van der Waals surface area contributed by atoms with Crippen LogP contribution in [0.2, 0.25) is 0 Å². The molecule has 3 aromatic heterocycles. The molecule has 10 nitrogen and oxygen atoms in total. The lowest BCUT2D eigenvalue weighted by molar-refractivity contribution is 0.0688. The number of hydrogen-bond acceptors (Lipinski definition) is 8. The Balaban J connectivity index is 2.26. The Hall–Kier alpha value is -3.27. The van der Waals surface area contributed by atoms with Gasteiger partial charge in [-0.15, -0.1) is 0 Å². The van der Waals surface area contributed by atoms with Crippen molar-refractivity contribution in [2.75, 3.05) is 24.4 Å². The Morgan fingerprint density at radius 3 is 2.67 bits per heavy atom. The van der Waals surface area contributed by atoms with Gasteiger partial charge in [-0.25, -0.2) is 14.8 Å². The lowest BCUT2D eigenvalue weighted by atomic mass is 10.3. The van der Waals surface area contributed by atoms with Gasteiger partial charge in [0, 0.05) is 26.4 Å². The van der Waals surface area contributed by atoms with Gasteiger partial charge in [0.2, 0.25) is 5.95 Å². The Bertz CT molecular complexity index is 1060. The average molecular weight is 413 g/mol. The number of anilines is 3. The van der Waals surface area contributed by atoms with Crippen LogP contribution in [0.15, 0.2) is 18.3 Å². The van der Waals surface area contributed by atoms with Gasteiger partial charge in [0.1, 0.15) is 16.9 Å². The zero-order chi connectivity index (χ0) is 22.0. The molecular formula is C20H27N7O3. The van der Waals surface area contributed by atoms with Crippen molar-refractivity contribution in [2.24, 2.45) is 0 Å². The molecule has 3 aromatic rings. The minimum absolute atomic E-state index is 0.115. The highest BCUT2D eigenvalue weighted by molar-refractivity contribution is 6.03. The SMILES string of the molecule is COC(C)Cn1nc(C(=O)O)c2nc(N(C)C(C)C)nc(Nc3cc(C)ccn3)c21. The fraction of sp³-hybridized carbons (Fsp3) is 0.450. The zero-order valence-corrected chi connectivity index (χ0v) is 18.0. The fourth-order valence-electron chi connectivity index (χ4n) is 2.87. The van der Waals surface area contributed by atoms with Crippen LogP contribution in [0, 0.1) is 6.92 Å². The number of hydrogen-bond donors (Lipinski definition) is 2. The predicted octanol–water partition coefficient (Wildman–Crippen LogP) is 2.85. The van der Waals surface area contributed by atoms with E-state index in [0.717, 1.165) is 5.56 Å². The third-order valence-corrected chi connectivity index (χ3v) is 4.86. The number of nitrogens with zero attached hydrogens (tertiary/aromatic N) is 6. The molecule has 0 saturated carbocycles. The van der Waals surface area contributed by atoms with Gasteiger partial charge in [-0.3, -0.25) is 4.68 Å². The van der Waals surface area contributed by atoms with Crippen LogP contribution in [0.1, 0.15) is 36.8 Å². The Morgan fingerprint density at radius 1 is 1.33 bits per heavy atom. The van der Waals surface area contributed by atoms with Crippen LogP contribution in [0.3, 0.4) is 0 Å². The lowest BCUT2D eigenvalue weighted by Crippen LogP contribution is -2.28. The zero-order valence-electron chi connectivity index (χ0n) is 18.0. The Labute approximate surface area is 174 Å². The second kappa shape index (κ2) is 8.62. The van der Waals surface area contributed by atoms with Crippen molar-refractivity contribution in [3.05, 3.63) is 29.6 Å². The average Bonchev–Trinajstić information content (AvgIpc) is 3.06. The molecule has 160 valence electrons. The number of carboxylic acids is 1. The molecule has 0 aromatic carbocycles. The molecule has 0 saturated heterocycles. The maximum absolute atomic E-state index is 11.9. The van der Waals surface area contributed by atoms with E-state index in [-0.39, 0.29) is 23.4 Å². The van der Waals surface area contributed by atoms with Crippen molar-refractivity contribution >= 4 is 34.6 Å². The van der Waals surface area contributed by atoms with Crippen LogP contribution < -0.4 is 10.2 Å². The first-order valence-corrected chi connectivity index (χ1v) is 9.68. The maximum atomic E-state index is 11.9. The predicted molar refractivity (Wildman–Crippen MR) is 115 cm³/mol. The lowest BCUT2D eigenvalue weighted by Gasteiger charge is -2.22. The summed E-state index contributed by atoms with van der Waals surface area (Å²) in [5.74, 6) is 0.274. The molecule has 2 N–H and O–H groups in total. The van der Waals surface area contributed by atoms with Gasteiger partial charge >= 0.3 is 5.97 Å². The quantitative estimate of drug-likeness (QED) is 0.574. The van der Waals surface area contributed by atoms with Gasteiger partial charge < -0.3 is 20.1 Å². The van der Waals surface area contributed by atoms with Gasteiger partial charge in [-0.2, -0.15) is 10.1 Å². The molecule has 0 spiro atoms. The summed E-state index contributed by atoms with van der Waals surface area (Å²) < 4.78 is 6.92. The molecule has 0 aliphatic rings. The van der Waals surface area contributed by atoms with Crippen LogP contribution in [-0.2, 0) is 11.3 Å². The second-order valence-corrected chi connectivity index (χ2v) is 7.50. The van der Waals surface area contributed by atoms with E-state index in [9.17, 15) is 9.90 Å². The molecule has 30 heavy (non-hydrogen) atoms. The summed E-state index contributed by atoms with van der Waals surface area (Å²) in [5.41, 5.74) is 1.65. The molecule has 0 bridgehead atoms. The van der Waals surface area contributed by atoms with E-state index in [4.69, 9.17) is 4.74 Å². The minimum Gasteiger partial charge on any atom is -0.476 e. The first-order valence-electron chi connectivity index (χ1n) is 9.68. The Kier molecular flexibility index (Phi) is 6.16. The number of fused-ring (bicyclic) bond motifs is 1. The summed E-state index contributed by atoms with van der Waals surface area (Å²) in [6.45, 7) is 8.20. The van der Waals surface area contributed by atoms with Crippen LogP contribution in [0.5, 0.6) is 0 Å². The number of pyridine rings is 1. The number of aryl methyl sites for hydroxylation is 1. The van der Waals surface area contributed by atoms with E-state index >= 15 is 0 Å². The molecule has 10 heteroatoms. The highest BCUT2D eigenvalue weighted by atomic mass is 16.5. The van der Waals surface area contributed by atoms with Gasteiger partial charge in [-0.05, 0) is 45.4 Å². The number of nitrogens with one attached hydrogen (secondary N) is 1. The smallest absolute Gasteiger partial charge is 0.358 e. The summed E-state index contributed by atoms with van der Waals surface area (Å²) in [7, 11) is 3.45. The van der Waals surface area contributed by atoms with Crippen LogP contribution in [0.25, 0.3) is 11.0 Å². The largest absolute Gasteiger partial charge is 0.476 e. The third kappa shape index (κ3) is 4.33. The van der Waals surface area contributed by atoms with Crippen molar-refractivity contribution in [1.82, 2.24) is 24.7 Å². The highest BCUT2D eigenvalue weighted by Gasteiger charge is 2.25. The van der Waals surface area contributed by atoms with Gasteiger partial charge in [0.25, 0.3) is 0 Å². The normalized spacial score (nSPS) is 12.4. The number of methoxy groups -OCH3 is 1. The van der Waals surface area contributed by atoms with Gasteiger partial charge in [0.05, 0.1) is 12.6 Å². The topological polar surface area (TPSA) is 118 Å². The van der Waals surface area contributed by atoms with E-state index in [1.54, 1.807) is 18.0 Å². The molecule has 0 aliphatic heterocycles. The van der Waals surface area contributed by atoms with Crippen molar-refractivity contribution in [3.8, 4) is 0 Å².